The van der Waals surface area contributed by atoms with Crippen molar-refractivity contribution >= 4 is 17.6 Å². The molecular weight excluding hydrogens is 206 g/mol. The minimum Gasteiger partial charge on any atom is -0.300 e. The number of nitrogens with zero attached hydrogens (tertiary/aromatic N) is 1. The first-order valence-corrected chi connectivity index (χ1v) is 6.05. The fourth-order valence-electron chi connectivity index (χ4n) is 2.52. The van der Waals surface area contributed by atoms with Gasteiger partial charge in [0.15, 0.2) is 0 Å². The first kappa shape index (κ1) is 11.3. The Kier molecular flexibility index (Phi) is 3.36. The topological polar surface area (TPSA) is 54.5 Å². The van der Waals surface area contributed by atoms with Crippen molar-refractivity contribution in [3.8, 4) is 0 Å². The van der Waals surface area contributed by atoms with E-state index in [-0.39, 0.29) is 23.6 Å². The molecule has 1 saturated carbocycles. The molecule has 2 rings (SSSR count). The van der Waals surface area contributed by atoms with E-state index < -0.39 is 0 Å². The fourth-order valence-corrected chi connectivity index (χ4v) is 2.52. The number of hydrogen-bond donors (Lipinski definition) is 0. The van der Waals surface area contributed by atoms with E-state index >= 15 is 0 Å². The first-order chi connectivity index (χ1) is 7.68. The van der Waals surface area contributed by atoms with Crippen LogP contribution in [0.2, 0.25) is 0 Å². The van der Waals surface area contributed by atoms with Crippen molar-refractivity contribution in [3.05, 3.63) is 0 Å². The molecule has 0 unspecified atom stereocenters. The van der Waals surface area contributed by atoms with Gasteiger partial charge in [0.25, 0.3) is 0 Å². The lowest BCUT2D eigenvalue weighted by Crippen LogP contribution is -2.45. The SMILES string of the molecule is O=C1CCC(N2C(=O)CCCCC2=O)CC1. The molecule has 2 fully saturated rings. The number of hydrogen-bond acceptors (Lipinski definition) is 3. The van der Waals surface area contributed by atoms with Crippen LogP contribution in [-0.2, 0) is 14.4 Å². The zero-order chi connectivity index (χ0) is 11.5. The Labute approximate surface area is 95.0 Å². The molecule has 0 radical (unpaired) electrons. The van der Waals surface area contributed by atoms with Gasteiger partial charge in [-0.3, -0.25) is 19.3 Å². The highest BCUT2D eigenvalue weighted by atomic mass is 16.2. The molecule has 1 heterocycles. The lowest BCUT2D eigenvalue weighted by molar-refractivity contribution is -0.148. The molecule has 1 aliphatic carbocycles. The highest BCUT2D eigenvalue weighted by Gasteiger charge is 2.33. The summed E-state index contributed by atoms with van der Waals surface area (Å²) in [6.07, 6.45) is 4.95. The lowest BCUT2D eigenvalue weighted by atomic mass is 9.93. The van der Waals surface area contributed by atoms with Crippen LogP contribution < -0.4 is 0 Å². The average Bonchev–Trinajstić information content (AvgIpc) is 2.42. The molecule has 16 heavy (non-hydrogen) atoms. The van der Waals surface area contributed by atoms with Crippen molar-refractivity contribution in [2.75, 3.05) is 0 Å². The quantitative estimate of drug-likeness (QED) is 0.632. The summed E-state index contributed by atoms with van der Waals surface area (Å²) < 4.78 is 0. The molecule has 1 aliphatic heterocycles. The smallest absolute Gasteiger partial charge is 0.229 e. The van der Waals surface area contributed by atoms with Crippen molar-refractivity contribution in [3.63, 3.8) is 0 Å². The van der Waals surface area contributed by atoms with Crippen LogP contribution in [0, 0.1) is 0 Å². The maximum Gasteiger partial charge on any atom is 0.229 e. The van der Waals surface area contributed by atoms with Gasteiger partial charge in [-0.25, -0.2) is 0 Å². The Bertz CT molecular complexity index is 296. The Balaban J connectivity index is 2.07. The number of imide groups is 1. The van der Waals surface area contributed by atoms with E-state index in [1.54, 1.807) is 0 Å². The highest BCUT2D eigenvalue weighted by Crippen LogP contribution is 2.24. The lowest BCUT2D eigenvalue weighted by Gasteiger charge is -2.31. The van der Waals surface area contributed by atoms with Crippen molar-refractivity contribution < 1.29 is 14.4 Å². The largest absolute Gasteiger partial charge is 0.300 e. The highest BCUT2D eigenvalue weighted by molar-refractivity contribution is 5.96. The van der Waals surface area contributed by atoms with Gasteiger partial charge in [0.05, 0.1) is 0 Å². The summed E-state index contributed by atoms with van der Waals surface area (Å²) in [4.78, 5) is 36.2. The molecule has 88 valence electrons. The molecule has 0 aromatic heterocycles. The van der Waals surface area contributed by atoms with Crippen molar-refractivity contribution in [2.24, 2.45) is 0 Å². The standard InChI is InChI=1S/C12H17NO3/c14-10-7-5-9(6-8-10)13-11(15)3-1-2-4-12(13)16/h9H,1-8H2. The third kappa shape index (κ3) is 2.31. The molecule has 2 aliphatic rings. The van der Waals surface area contributed by atoms with Crippen LogP contribution in [0.4, 0.5) is 0 Å². The van der Waals surface area contributed by atoms with Gasteiger partial charge < -0.3 is 0 Å². The van der Waals surface area contributed by atoms with Gasteiger partial charge in [-0.15, -0.1) is 0 Å². The Morgan fingerprint density at radius 1 is 0.812 bits per heavy atom. The van der Waals surface area contributed by atoms with Crippen LogP contribution in [0.3, 0.4) is 0 Å². The first-order valence-electron chi connectivity index (χ1n) is 6.05. The van der Waals surface area contributed by atoms with Crippen LogP contribution in [0.1, 0.15) is 51.4 Å². The molecule has 0 N–H and O–H groups in total. The molecule has 4 heteroatoms. The Morgan fingerprint density at radius 3 is 1.81 bits per heavy atom. The number of carbonyl (C=O) groups is 3. The van der Waals surface area contributed by atoms with Crippen LogP contribution in [0.25, 0.3) is 0 Å². The molecule has 0 spiro atoms. The minimum atomic E-state index is -0.0400. The maximum atomic E-state index is 11.8. The summed E-state index contributed by atoms with van der Waals surface area (Å²) in [6.45, 7) is 0. The normalized spacial score (nSPS) is 24.8. The van der Waals surface area contributed by atoms with Gasteiger partial charge in [0.1, 0.15) is 5.78 Å². The van der Waals surface area contributed by atoms with Gasteiger partial charge in [-0.05, 0) is 25.7 Å². The monoisotopic (exact) mass is 223 g/mol. The van der Waals surface area contributed by atoms with Gasteiger partial charge in [-0.1, -0.05) is 0 Å². The summed E-state index contributed by atoms with van der Waals surface area (Å²) >= 11 is 0. The maximum absolute atomic E-state index is 11.8. The second-order valence-corrected chi connectivity index (χ2v) is 4.63. The number of likely N-dealkylation sites (tertiary alicyclic amines) is 1. The molecule has 0 bridgehead atoms. The third-order valence-corrected chi connectivity index (χ3v) is 3.45. The van der Waals surface area contributed by atoms with Crippen LogP contribution in [0.5, 0.6) is 0 Å². The van der Waals surface area contributed by atoms with Gasteiger partial charge >= 0.3 is 0 Å². The van der Waals surface area contributed by atoms with Crippen LogP contribution >= 0.6 is 0 Å². The predicted molar refractivity (Wildman–Crippen MR) is 57.6 cm³/mol. The number of amides is 2. The number of carbonyl (C=O) groups excluding carboxylic acids is 3. The van der Waals surface area contributed by atoms with E-state index in [0.29, 0.717) is 38.5 Å². The van der Waals surface area contributed by atoms with Gasteiger partial charge in [0.2, 0.25) is 11.8 Å². The Hall–Kier alpha value is -1.19. The molecule has 2 amide bonds. The van der Waals surface area contributed by atoms with Gasteiger partial charge in [0, 0.05) is 31.7 Å². The van der Waals surface area contributed by atoms with Crippen molar-refractivity contribution in [1.82, 2.24) is 4.90 Å². The predicted octanol–water partition coefficient (Wildman–Crippen LogP) is 1.43. The zero-order valence-electron chi connectivity index (χ0n) is 9.41. The molecule has 0 atom stereocenters. The summed E-state index contributed by atoms with van der Waals surface area (Å²) in [6, 6.07) is -0.0178. The molecule has 0 aromatic rings. The summed E-state index contributed by atoms with van der Waals surface area (Å²) in [5, 5.41) is 0. The summed E-state index contributed by atoms with van der Waals surface area (Å²) in [7, 11) is 0. The van der Waals surface area contributed by atoms with E-state index in [4.69, 9.17) is 0 Å². The van der Waals surface area contributed by atoms with Crippen LogP contribution in [0.15, 0.2) is 0 Å². The average molecular weight is 223 g/mol. The minimum absolute atomic E-state index is 0.0178. The Morgan fingerprint density at radius 2 is 1.31 bits per heavy atom. The zero-order valence-corrected chi connectivity index (χ0v) is 9.41. The molecule has 0 aromatic carbocycles. The van der Waals surface area contributed by atoms with E-state index in [1.165, 1.54) is 4.90 Å². The number of ketones is 1. The molecule has 1 saturated heterocycles. The van der Waals surface area contributed by atoms with E-state index in [0.717, 1.165) is 12.8 Å². The second kappa shape index (κ2) is 4.76. The van der Waals surface area contributed by atoms with Crippen LogP contribution in [-0.4, -0.2) is 28.5 Å². The summed E-state index contributed by atoms with van der Waals surface area (Å²) in [5.74, 6) is 0.176. The molecule has 4 nitrogen and oxygen atoms in total. The molecular formula is C12H17NO3. The number of rotatable bonds is 1. The van der Waals surface area contributed by atoms with Crippen molar-refractivity contribution in [1.29, 1.82) is 0 Å². The fraction of sp³-hybridized carbons (Fsp3) is 0.750. The third-order valence-electron chi connectivity index (χ3n) is 3.45. The second-order valence-electron chi connectivity index (χ2n) is 4.63. The van der Waals surface area contributed by atoms with Crippen molar-refractivity contribution in [2.45, 2.75) is 57.4 Å². The van der Waals surface area contributed by atoms with E-state index in [1.807, 2.05) is 0 Å². The van der Waals surface area contributed by atoms with Gasteiger partial charge in [-0.2, -0.15) is 0 Å². The summed E-state index contributed by atoms with van der Waals surface area (Å²) in [5.41, 5.74) is 0. The van der Waals surface area contributed by atoms with E-state index in [2.05, 4.69) is 0 Å². The van der Waals surface area contributed by atoms with E-state index in [9.17, 15) is 14.4 Å². The number of Topliss-reactive ketones (excluding diaryl/α,β-unsaturated/α-hetero) is 1.